The van der Waals surface area contributed by atoms with Crippen molar-refractivity contribution in [2.24, 2.45) is 0 Å². The first-order valence-electron chi connectivity index (χ1n) is 19.9. The Morgan fingerprint density at radius 3 is 1.23 bits per heavy atom. The van der Waals surface area contributed by atoms with Crippen molar-refractivity contribution >= 4 is 93.6 Å². The number of rotatable bonds is 7. The lowest BCUT2D eigenvalue weighted by molar-refractivity contribution is 0.590. The molecule has 0 heterocycles. The zero-order chi connectivity index (χ0) is 38.8. The van der Waals surface area contributed by atoms with Crippen molar-refractivity contribution in [2.45, 2.75) is 33.1 Å². The Hall–Kier alpha value is -6.90. The standard InChI is InChI=1S/C55H44N2/c1-36(2)37-14-24-45(25-15-37)56(47-26-16-38-10-6-8-12-42(38)34-47)51-32-20-40-19-31-50-52(33-21-41-18-30-49(51)53(40)54(41)50)57(46-28-22-44(23-29-46)55(3,4)5)48-27-17-39-11-7-9-13-43(39)35-48/h6-35H,1H2,2-5H3. The molecule has 0 N–H and O–H groups in total. The van der Waals surface area contributed by atoms with Crippen LogP contribution >= 0.6 is 0 Å². The van der Waals surface area contributed by atoms with Gasteiger partial charge in [-0.05, 0) is 127 Å². The second kappa shape index (κ2) is 13.4. The molecule has 0 amide bonds. The normalized spacial score (nSPS) is 11.9. The molecule has 2 nitrogen and oxygen atoms in total. The number of fused-ring (bicyclic) bond motifs is 2. The van der Waals surface area contributed by atoms with Crippen molar-refractivity contribution in [3.05, 3.63) is 200 Å². The first kappa shape index (κ1) is 34.6. The third kappa shape index (κ3) is 5.97. The van der Waals surface area contributed by atoms with Crippen LogP contribution in [0.1, 0.15) is 38.8 Å². The highest BCUT2D eigenvalue weighted by atomic mass is 15.1. The second-order valence-corrected chi connectivity index (χ2v) is 16.4. The maximum absolute atomic E-state index is 4.21. The maximum atomic E-state index is 4.21. The summed E-state index contributed by atoms with van der Waals surface area (Å²) in [6, 6.07) is 67.3. The summed E-state index contributed by atoms with van der Waals surface area (Å²) < 4.78 is 0. The average molecular weight is 733 g/mol. The predicted octanol–water partition coefficient (Wildman–Crippen LogP) is 16.2. The lowest BCUT2D eigenvalue weighted by Gasteiger charge is -2.30. The Kier molecular flexibility index (Phi) is 8.12. The number of nitrogens with zero attached hydrogens (tertiary/aromatic N) is 2. The molecule has 57 heavy (non-hydrogen) atoms. The Balaban J connectivity index is 1.21. The number of benzene rings is 10. The fourth-order valence-electron chi connectivity index (χ4n) is 8.65. The second-order valence-electron chi connectivity index (χ2n) is 16.4. The van der Waals surface area contributed by atoms with Gasteiger partial charge in [0.2, 0.25) is 0 Å². The molecule has 274 valence electrons. The monoisotopic (exact) mass is 732 g/mol. The van der Waals surface area contributed by atoms with Gasteiger partial charge >= 0.3 is 0 Å². The van der Waals surface area contributed by atoms with Crippen molar-refractivity contribution in [1.29, 1.82) is 0 Å². The Labute approximate surface area is 334 Å². The van der Waals surface area contributed by atoms with Gasteiger partial charge in [-0.2, -0.15) is 0 Å². The third-order valence-electron chi connectivity index (χ3n) is 11.7. The van der Waals surface area contributed by atoms with Crippen LogP contribution in [-0.2, 0) is 5.41 Å². The molecule has 0 aliphatic carbocycles. The average Bonchev–Trinajstić information content (AvgIpc) is 3.23. The Morgan fingerprint density at radius 2 is 0.789 bits per heavy atom. The first-order chi connectivity index (χ1) is 27.7. The van der Waals surface area contributed by atoms with Crippen molar-refractivity contribution < 1.29 is 0 Å². The van der Waals surface area contributed by atoms with E-state index >= 15 is 0 Å². The lowest BCUT2D eigenvalue weighted by Crippen LogP contribution is -2.13. The number of allylic oxidation sites excluding steroid dienone is 1. The molecule has 0 atom stereocenters. The highest BCUT2D eigenvalue weighted by Gasteiger charge is 2.23. The summed E-state index contributed by atoms with van der Waals surface area (Å²) in [4.78, 5) is 4.86. The summed E-state index contributed by atoms with van der Waals surface area (Å²) >= 11 is 0. The van der Waals surface area contributed by atoms with Gasteiger partial charge in [0.05, 0.1) is 11.4 Å². The van der Waals surface area contributed by atoms with Gasteiger partial charge < -0.3 is 9.80 Å². The van der Waals surface area contributed by atoms with E-state index in [9.17, 15) is 0 Å². The molecule has 0 fully saturated rings. The fourth-order valence-corrected chi connectivity index (χ4v) is 8.65. The van der Waals surface area contributed by atoms with Crippen molar-refractivity contribution in [2.75, 3.05) is 9.80 Å². The Bertz CT molecular complexity index is 3130. The largest absolute Gasteiger partial charge is 0.310 e. The molecule has 0 bridgehead atoms. The molecule has 0 saturated carbocycles. The van der Waals surface area contributed by atoms with Gasteiger partial charge in [0.1, 0.15) is 0 Å². The quantitative estimate of drug-likeness (QED) is 0.151. The third-order valence-corrected chi connectivity index (χ3v) is 11.7. The summed E-state index contributed by atoms with van der Waals surface area (Å²) in [5.41, 5.74) is 10.4. The number of hydrogen-bond acceptors (Lipinski definition) is 2. The van der Waals surface area contributed by atoms with Crippen molar-refractivity contribution in [3.63, 3.8) is 0 Å². The molecule has 2 heteroatoms. The van der Waals surface area contributed by atoms with E-state index in [1.165, 1.54) is 59.4 Å². The van der Waals surface area contributed by atoms with Crippen molar-refractivity contribution in [3.8, 4) is 0 Å². The van der Waals surface area contributed by atoms with Crippen LogP contribution < -0.4 is 9.80 Å². The molecule has 10 aromatic carbocycles. The molecule has 0 aliphatic rings. The molecule has 0 saturated heterocycles. The minimum Gasteiger partial charge on any atom is -0.310 e. The van der Waals surface area contributed by atoms with Gasteiger partial charge in [-0.25, -0.2) is 0 Å². The van der Waals surface area contributed by atoms with Crippen LogP contribution in [0.3, 0.4) is 0 Å². The van der Waals surface area contributed by atoms with Crippen LogP contribution in [0, 0.1) is 0 Å². The smallest absolute Gasteiger partial charge is 0.0540 e. The van der Waals surface area contributed by atoms with E-state index < -0.39 is 0 Å². The van der Waals surface area contributed by atoms with Crippen LogP contribution in [0.15, 0.2) is 189 Å². The van der Waals surface area contributed by atoms with Crippen LogP contribution in [0.4, 0.5) is 34.1 Å². The number of hydrogen-bond donors (Lipinski definition) is 0. The van der Waals surface area contributed by atoms with E-state index in [0.29, 0.717) is 0 Å². The van der Waals surface area contributed by atoms with E-state index in [2.05, 4.69) is 226 Å². The van der Waals surface area contributed by atoms with Crippen LogP contribution in [0.25, 0.3) is 59.4 Å². The summed E-state index contributed by atoms with van der Waals surface area (Å²) in [5.74, 6) is 0. The van der Waals surface area contributed by atoms with Gasteiger partial charge in [0, 0.05) is 33.5 Å². The zero-order valence-corrected chi connectivity index (χ0v) is 32.9. The molecule has 0 aromatic heterocycles. The summed E-state index contributed by atoms with van der Waals surface area (Å²) in [6.45, 7) is 13.1. The molecule has 10 aromatic rings. The topological polar surface area (TPSA) is 6.48 Å². The zero-order valence-electron chi connectivity index (χ0n) is 32.9. The molecule has 0 unspecified atom stereocenters. The van der Waals surface area contributed by atoms with Crippen LogP contribution in [0.5, 0.6) is 0 Å². The highest BCUT2D eigenvalue weighted by Crippen LogP contribution is 2.48. The highest BCUT2D eigenvalue weighted by molar-refractivity contribution is 6.28. The summed E-state index contributed by atoms with van der Waals surface area (Å²) in [6.07, 6.45) is 0. The summed E-state index contributed by atoms with van der Waals surface area (Å²) in [5, 5.41) is 12.3. The minimum absolute atomic E-state index is 0.0599. The lowest BCUT2D eigenvalue weighted by atomic mass is 9.87. The number of anilines is 6. The molecule has 10 rings (SSSR count). The van der Waals surface area contributed by atoms with Gasteiger partial charge in [-0.1, -0.05) is 154 Å². The Morgan fingerprint density at radius 1 is 0.404 bits per heavy atom. The van der Waals surface area contributed by atoms with Crippen LogP contribution in [-0.4, -0.2) is 0 Å². The predicted molar refractivity (Wildman–Crippen MR) is 248 cm³/mol. The van der Waals surface area contributed by atoms with Gasteiger partial charge in [-0.15, -0.1) is 0 Å². The van der Waals surface area contributed by atoms with Gasteiger partial charge in [0.25, 0.3) is 0 Å². The van der Waals surface area contributed by atoms with E-state index in [1.807, 2.05) is 0 Å². The van der Waals surface area contributed by atoms with E-state index in [-0.39, 0.29) is 5.41 Å². The van der Waals surface area contributed by atoms with Gasteiger partial charge in [0.15, 0.2) is 0 Å². The molecule has 0 aliphatic heterocycles. The SMILES string of the molecule is C=C(C)c1ccc(N(c2ccc3ccccc3c2)c2ccc3ccc4c(N(c5ccc(C(C)(C)C)cc5)c5ccc6ccccc6c5)ccc5ccc2c3c54)cc1. The first-order valence-corrected chi connectivity index (χ1v) is 19.9. The molecular formula is C55H44N2. The molecule has 0 spiro atoms. The maximum Gasteiger partial charge on any atom is 0.0540 e. The minimum atomic E-state index is 0.0599. The van der Waals surface area contributed by atoms with E-state index in [4.69, 9.17) is 0 Å². The molecular weight excluding hydrogens is 689 g/mol. The van der Waals surface area contributed by atoms with Gasteiger partial charge in [-0.3, -0.25) is 0 Å². The summed E-state index contributed by atoms with van der Waals surface area (Å²) in [7, 11) is 0. The fraction of sp³-hybridized carbons (Fsp3) is 0.0909. The van der Waals surface area contributed by atoms with E-state index in [0.717, 1.165) is 45.3 Å². The van der Waals surface area contributed by atoms with Crippen LogP contribution in [0.2, 0.25) is 0 Å². The van der Waals surface area contributed by atoms with E-state index in [1.54, 1.807) is 0 Å². The van der Waals surface area contributed by atoms with Crippen molar-refractivity contribution in [1.82, 2.24) is 0 Å². The molecule has 0 radical (unpaired) electrons.